The number of carbonyl (C=O) groups is 1. The van der Waals surface area contributed by atoms with E-state index >= 15 is 0 Å². The lowest BCUT2D eigenvalue weighted by Gasteiger charge is -2.42. The van der Waals surface area contributed by atoms with Gasteiger partial charge in [0.15, 0.2) is 0 Å². The Balaban J connectivity index is 2.18. The average molecular weight is 263 g/mol. The molecule has 5 nitrogen and oxygen atoms in total. The number of nitrogens with two attached hydrogens (primary N) is 1. The SMILES string of the molecule is CC1CCCCC1(CN)NC(=O)c1cccc(=O)[nH]1. The molecule has 1 fully saturated rings. The van der Waals surface area contributed by atoms with Crippen LogP contribution in [-0.4, -0.2) is 23.0 Å². The molecule has 1 aliphatic carbocycles. The monoisotopic (exact) mass is 263 g/mol. The second-order valence-electron chi connectivity index (χ2n) is 5.39. The third-order valence-corrected chi connectivity index (χ3v) is 4.19. The van der Waals surface area contributed by atoms with Crippen LogP contribution in [0, 0.1) is 5.92 Å². The van der Waals surface area contributed by atoms with Crippen molar-refractivity contribution < 1.29 is 4.79 Å². The van der Waals surface area contributed by atoms with Crippen LogP contribution in [0.4, 0.5) is 0 Å². The maximum absolute atomic E-state index is 12.2. The van der Waals surface area contributed by atoms with Crippen molar-refractivity contribution in [3.05, 3.63) is 34.2 Å². The number of rotatable bonds is 3. The van der Waals surface area contributed by atoms with Gasteiger partial charge in [0.25, 0.3) is 5.91 Å². The van der Waals surface area contributed by atoms with E-state index in [1.165, 1.54) is 12.5 Å². The molecule has 19 heavy (non-hydrogen) atoms. The van der Waals surface area contributed by atoms with Crippen molar-refractivity contribution in [1.29, 1.82) is 0 Å². The first-order valence-corrected chi connectivity index (χ1v) is 6.79. The molecule has 1 amide bonds. The van der Waals surface area contributed by atoms with Gasteiger partial charge in [0.1, 0.15) is 5.69 Å². The minimum atomic E-state index is -0.345. The molecule has 1 aromatic heterocycles. The lowest BCUT2D eigenvalue weighted by molar-refractivity contribution is 0.0807. The molecule has 1 aromatic rings. The lowest BCUT2D eigenvalue weighted by atomic mass is 9.73. The van der Waals surface area contributed by atoms with Crippen LogP contribution in [0.5, 0.6) is 0 Å². The summed E-state index contributed by atoms with van der Waals surface area (Å²) in [5.74, 6) is 0.0996. The zero-order valence-corrected chi connectivity index (χ0v) is 11.2. The Kier molecular flexibility index (Phi) is 4.04. The Morgan fingerprint density at radius 1 is 1.53 bits per heavy atom. The van der Waals surface area contributed by atoms with Gasteiger partial charge < -0.3 is 16.0 Å². The summed E-state index contributed by atoms with van der Waals surface area (Å²) in [4.78, 5) is 26.0. The van der Waals surface area contributed by atoms with Crippen LogP contribution in [0.2, 0.25) is 0 Å². The highest BCUT2D eigenvalue weighted by atomic mass is 16.2. The first kappa shape index (κ1) is 13.8. The molecule has 2 rings (SSSR count). The van der Waals surface area contributed by atoms with Gasteiger partial charge >= 0.3 is 0 Å². The minimum absolute atomic E-state index is 0.253. The number of nitrogens with one attached hydrogen (secondary N) is 2. The molecule has 1 saturated carbocycles. The van der Waals surface area contributed by atoms with Crippen molar-refractivity contribution in [2.45, 2.75) is 38.1 Å². The fraction of sp³-hybridized carbons (Fsp3) is 0.571. The van der Waals surface area contributed by atoms with Gasteiger partial charge in [-0.1, -0.05) is 25.8 Å². The van der Waals surface area contributed by atoms with E-state index in [0.29, 0.717) is 12.5 Å². The number of aromatic nitrogens is 1. The second-order valence-corrected chi connectivity index (χ2v) is 5.39. The van der Waals surface area contributed by atoms with Gasteiger partial charge in [-0.05, 0) is 24.8 Å². The lowest BCUT2D eigenvalue weighted by Crippen LogP contribution is -2.59. The summed E-state index contributed by atoms with van der Waals surface area (Å²) in [5, 5.41) is 3.04. The summed E-state index contributed by atoms with van der Waals surface area (Å²) in [7, 11) is 0. The highest BCUT2D eigenvalue weighted by molar-refractivity contribution is 5.92. The van der Waals surface area contributed by atoms with E-state index in [9.17, 15) is 9.59 Å². The van der Waals surface area contributed by atoms with E-state index in [-0.39, 0.29) is 22.7 Å². The van der Waals surface area contributed by atoms with Gasteiger partial charge in [0.2, 0.25) is 5.56 Å². The normalized spacial score (nSPS) is 26.9. The zero-order chi connectivity index (χ0) is 13.9. The van der Waals surface area contributed by atoms with E-state index in [1.807, 2.05) is 0 Å². The standard InChI is InChI=1S/C14H21N3O2/c1-10-5-2-3-8-14(10,9-15)17-13(19)11-6-4-7-12(18)16-11/h4,6-7,10H,2-3,5,8-9,15H2,1H3,(H,16,18)(H,17,19). The maximum atomic E-state index is 12.2. The fourth-order valence-corrected chi connectivity index (χ4v) is 2.83. The predicted molar refractivity (Wildman–Crippen MR) is 73.9 cm³/mol. The molecule has 1 aliphatic rings. The van der Waals surface area contributed by atoms with Crippen molar-refractivity contribution in [3.63, 3.8) is 0 Å². The number of carbonyl (C=O) groups excluding carboxylic acids is 1. The van der Waals surface area contributed by atoms with Crippen LogP contribution in [0.15, 0.2) is 23.0 Å². The topological polar surface area (TPSA) is 88.0 Å². The molecule has 0 radical (unpaired) electrons. The van der Waals surface area contributed by atoms with Crippen LogP contribution in [0.1, 0.15) is 43.1 Å². The molecule has 104 valence electrons. The Bertz CT molecular complexity index is 511. The highest BCUT2D eigenvalue weighted by Crippen LogP contribution is 2.33. The summed E-state index contributed by atoms with van der Waals surface area (Å²) < 4.78 is 0. The van der Waals surface area contributed by atoms with Crippen LogP contribution in [-0.2, 0) is 0 Å². The average Bonchev–Trinajstić information content (AvgIpc) is 2.41. The van der Waals surface area contributed by atoms with Crippen LogP contribution in [0.25, 0.3) is 0 Å². The Hall–Kier alpha value is -1.62. The molecule has 0 saturated heterocycles. The van der Waals surface area contributed by atoms with Gasteiger partial charge in [-0.3, -0.25) is 9.59 Å². The first-order valence-electron chi connectivity index (χ1n) is 6.79. The summed E-state index contributed by atoms with van der Waals surface area (Å²) in [5.41, 5.74) is 5.57. The molecule has 2 unspecified atom stereocenters. The molecule has 0 spiro atoms. The first-order chi connectivity index (χ1) is 9.07. The Morgan fingerprint density at radius 3 is 2.95 bits per heavy atom. The van der Waals surface area contributed by atoms with Gasteiger partial charge in [0.05, 0.1) is 5.54 Å². The summed E-state index contributed by atoms with van der Waals surface area (Å²) in [6.45, 7) is 2.55. The molecule has 5 heteroatoms. The summed E-state index contributed by atoms with van der Waals surface area (Å²) in [6.07, 6.45) is 4.23. The zero-order valence-electron chi connectivity index (χ0n) is 11.2. The number of H-pyrrole nitrogens is 1. The molecular formula is C14H21N3O2. The van der Waals surface area contributed by atoms with Crippen molar-refractivity contribution in [2.24, 2.45) is 11.7 Å². The van der Waals surface area contributed by atoms with E-state index in [4.69, 9.17) is 5.73 Å². The Labute approximate surface area is 112 Å². The largest absolute Gasteiger partial charge is 0.344 e. The molecule has 0 bridgehead atoms. The van der Waals surface area contributed by atoms with Gasteiger partial charge in [-0.2, -0.15) is 0 Å². The third-order valence-electron chi connectivity index (χ3n) is 4.19. The number of aromatic amines is 1. The molecular weight excluding hydrogens is 242 g/mol. The number of hydrogen-bond acceptors (Lipinski definition) is 3. The molecule has 0 aliphatic heterocycles. The van der Waals surface area contributed by atoms with Crippen molar-refractivity contribution in [3.8, 4) is 0 Å². The predicted octanol–water partition coefficient (Wildman–Crippen LogP) is 1.01. The van der Waals surface area contributed by atoms with E-state index in [1.54, 1.807) is 12.1 Å². The smallest absolute Gasteiger partial charge is 0.268 e. The van der Waals surface area contributed by atoms with Gasteiger partial charge in [0, 0.05) is 12.6 Å². The number of amides is 1. The van der Waals surface area contributed by atoms with Crippen molar-refractivity contribution in [2.75, 3.05) is 6.54 Å². The van der Waals surface area contributed by atoms with Crippen molar-refractivity contribution >= 4 is 5.91 Å². The Morgan fingerprint density at radius 2 is 2.32 bits per heavy atom. The van der Waals surface area contributed by atoms with Crippen LogP contribution in [0.3, 0.4) is 0 Å². The number of hydrogen-bond donors (Lipinski definition) is 3. The summed E-state index contributed by atoms with van der Waals surface area (Å²) in [6, 6.07) is 4.57. The van der Waals surface area contributed by atoms with Crippen LogP contribution >= 0.6 is 0 Å². The molecule has 4 N–H and O–H groups in total. The van der Waals surface area contributed by atoms with Gasteiger partial charge in [-0.15, -0.1) is 0 Å². The third kappa shape index (κ3) is 2.87. The number of pyridine rings is 1. The maximum Gasteiger partial charge on any atom is 0.268 e. The van der Waals surface area contributed by atoms with Crippen molar-refractivity contribution in [1.82, 2.24) is 10.3 Å². The van der Waals surface area contributed by atoms with E-state index in [0.717, 1.165) is 19.3 Å². The van der Waals surface area contributed by atoms with Crippen LogP contribution < -0.4 is 16.6 Å². The highest BCUT2D eigenvalue weighted by Gasteiger charge is 2.38. The quantitative estimate of drug-likeness (QED) is 0.760. The molecule has 1 heterocycles. The minimum Gasteiger partial charge on any atom is -0.344 e. The second kappa shape index (κ2) is 5.57. The van der Waals surface area contributed by atoms with Gasteiger partial charge in [-0.25, -0.2) is 0 Å². The molecule has 2 atom stereocenters. The molecule has 0 aromatic carbocycles. The van der Waals surface area contributed by atoms with E-state index < -0.39 is 0 Å². The fourth-order valence-electron chi connectivity index (χ4n) is 2.83. The van der Waals surface area contributed by atoms with E-state index in [2.05, 4.69) is 17.2 Å². The summed E-state index contributed by atoms with van der Waals surface area (Å²) >= 11 is 0.